The molecule has 2 atom stereocenters. The molecule has 5 heteroatoms. The number of carbonyl (C=O) groups excluding carboxylic acids is 1. The predicted molar refractivity (Wildman–Crippen MR) is 72.5 cm³/mol. The van der Waals surface area contributed by atoms with Gasteiger partial charge in [-0.1, -0.05) is 43.7 Å². The first kappa shape index (κ1) is 15.2. The van der Waals surface area contributed by atoms with Crippen LogP contribution in [0.3, 0.4) is 0 Å². The number of hydrogen-bond donors (Lipinski definition) is 3. The first-order valence-corrected chi connectivity index (χ1v) is 6.26. The maximum atomic E-state index is 12.0. The summed E-state index contributed by atoms with van der Waals surface area (Å²) in [4.78, 5) is 23.3. The molecule has 1 amide bonds. The summed E-state index contributed by atoms with van der Waals surface area (Å²) in [6.45, 7) is 3.53. The van der Waals surface area contributed by atoms with E-state index in [2.05, 4.69) is 5.32 Å². The number of carboxylic acids is 1. The Labute approximate surface area is 112 Å². The Hall–Kier alpha value is -1.88. The van der Waals surface area contributed by atoms with Crippen LogP contribution in [0.2, 0.25) is 0 Å². The third kappa shape index (κ3) is 4.06. The predicted octanol–water partition coefficient (Wildman–Crippen LogP) is 1.45. The smallest absolute Gasteiger partial charge is 0.330 e. The van der Waals surface area contributed by atoms with E-state index in [1.54, 1.807) is 37.3 Å². The maximum Gasteiger partial charge on any atom is 0.330 e. The highest BCUT2D eigenvalue weighted by atomic mass is 16.4. The maximum absolute atomic E-state index is 12.0. The van der Waals surface area contributed by atoms with Crippen molar-refractivity contribution in [2.45, 2.75) is 38.3 Å². The molecule has 0 spiro atoms. The standard InChI is InChI=1S/C14H20N2O3/c1-3-9-14(2,15)13(19)16-11(12(17)18)10-7-5-4-6-8-10/h4-8,11H,3,9,15H2,1-2H3,(H,16,19)(H,17,18). The number of rotatable bonds is 6. The molecule has 4 N–H and O–H groups in total. The van der Waals surface area contributed by atoms with Gasteiger partial charge in [-0.15, -0.1) is 0 Å². The van der Waals surface area contributed by atoms with Crippen LogP contribution in [0.4, 0.5) is 0 Å². The molecule has 0 aromatic heterocycles. The van der Waals surface area contributed by atoms with Gasteiger partial charge in [-0.3, -0.25) is 4.79 Å². The lowest BCUT2D eigenvalue weighted by Gasteiger charge is -2.25. The fourth-order valence-corrected chi connectivity index (χ4v) is 1.86. The van der Waals surface area contributed by atoms with Crippen LogP contribution in [0.1, 0.15) is 38.3 Å². The van der Waals surface area contributed by atoms with E-state index in [1.165, 1.54) is 0 Å². The minimum atomic E-state index is -1.10. The summed E-state index contributed by atoms with van der Waals surface area (Å²) in [6, 6.07) is 7.48. The van der Waals surface area contributed by atoms with Crippen molar-refractivity contribution in [1.82, 2.24) is 5.32 Å². The fourth-order valence-electron chi connectivity index (χ4n) is 1.86. The SMILES string of the molecule is CCCC(C)(N)C(=O)NC(C(=O)O)c1ccccc1. The molecule has 0 heterocycles. The summed E-state index contributed by atoms with van der Waals surface area (Å²) in [5.41, 5.74) is 5.36. The van der Waals surface area contributed by atoms with Gasteiger partial charge in [0.2, 0.25) is 5.91 Å². The lowest BCUT2D eigenvalue weighted by molar-refractivity contribution is -0.142. The molecule has 104 valence electrons. The number of carbonyl (C=O) groups is 2. The Balaban J connectivity index is 2.87. The lowest BCUT2D eigenvalue weighted by Crippen LogP contribution is -2.53. The molecule has 1 aromatic rings. The molecular formula is C14H20N2O3. The van der Waals surface area contributed by atoms with E-state index < -0.39 is 23.5 Å². The van der Waals surface area contributed by atoms with Crippen molar-refractivity contribution in [1.29, 1.82) is 0 Å². The Morgan fingerprint density at radius 3 is 2.42 bits per heavy atom. The normalized spacial score (nSPS) is 15.3. The van der Waals surface area contributed by atoms with E-state index >= 15 is 0 Å². The highest BCUT2D eigenvalue weighted by Gasteiger charge is 2.31. The van der Waals surface area contributed by atoms with Gasteiger partial charge in [0, 0.05) is 0 Å². The summed E-state index contributed by atoms with van der Waals surface area (Å²) in [5, 5.41) is 11.7. The zero-order valence-electron chi connectivity index (χ0n) is 11.2. The van der Waals surface area contributed by atoms with E-state index in [-0.39, 0.29) is 0 Å². The van der Waals surface area contributed by atoms with Gasteiger partial charge in [-0.2, -0.15) is 0 Å². The van der Waals surface area contributed by atoms with E-state index in [0.29, 0.717) is 12.0 Å². The van der Waals surface area contributed by atoms with Gasteiger partial charge in [-0.25, -0.2) is 4.79 Å². The van der Waals surface area contributed by atoms with Crippen molar-refractivity contribution in [3.8, 4) is 0 Å². The van der Waals surface area contributed by atoms with Gasteiger partial charge in [0.1, 0.15) is 0 Å². The average molecular weight is 264 g/mol. The van der Waals surface area contributed by atoms with E-state index in [4.69, 9.17) is 5.73 Å². The van der Waals surface area contributed by atoms with Gasteiger partial charge in [0.15, 0.2) is 6.04 Å². The van der Waals surface area contributed by atoms with Crippen molar-refractivity contribution in [2.75, 3.05) is 0 Å². The Morgan fingerprint density at radius 1 is 1.37 bits per heavy atom. The molecule has 0 aliphatic carbocycles. The molecule has 0 aliphatic heterocycles. The molecule has 0 fully saturated rings. The third-order valence-corrected chi connectivity index (χ3v) is 2.94. The highest BCUT2D eigenvalue weighted by molar-refractivity contribution is 5.90. The van der Waals surface area contributed by atoms with Crippen molar-refractivity contribution < 1.29 is 14.7 Å². The summed E-state index contributed by atoms with van der Waals surface area (Å²) in [7, 11) is 0. The number of carboxylic acid groups (broad SMARTS) is 1. The monoisotopic (exact) mass is 264 g/mol. The Bertz CT molecular complexity index is 443. The summed E-state index contributed by atoms with van der Waals surface area (Å²) in [5.74, 6) is -1.56. The van der Waals surface area contributed by atoms with Crippen LogP contribution in [0.25, 0.3) is 0 Å². The van der Waals surface area contributed by atoms with Crippen molar-refractivity contribution >= 4 is 11.9 Å². The van der Waals surface area contributed by atoms with Crippen LogP contribution in [-0.2, 0) is 9.59 Å². The summed E-state index contributed by atoms with van der Waals surface area (Å²) >= 11 is 0. The van der Waals surface area contributed by atoms with Gasteiger partial charge in [-0.05, 0) is 18.9 Å². The number of aliphatic carboxylic acids is 1. The first-order chi connectivity index (χ1) is 8.88. The zero-order chi connectivity index (χ0) is 14.5. The van der Waals surface area contributed by atoms with Gasteiger partial charge >= 0.3 is 5.97 Å². The van der Waals surface area contributed by atoms with Crippen molar-refractivity contribution in [3.63, 3.8) is 0 Å². The Morgan fingerprint density at radius 2 is 1.95 bits per heavy atom. The third-order valence-electron chi connectivity index (χ3n) is 2.94. The second-order valence-corrected chi connectivity index (χ2v) is 4.82. The second-order valence-electron chi connectivity index (χ2n) is 4.82. The molecule has 1 rings (SSSR count). The van der Waals surface area contributed by atoms with Crippen LogP contribution >= 0.6 is 0 Å². The highest BCUT2D eigenvalue weighted by Crippen LogP contribution is 2.16. The van der Waals surface area contributed by atoms with Gasteiger partial charge < -0.3 is 16.2 Å². The topological polar surface area (TPSA) is 92.4 Å². The van der Waals surface area contributed by atoms with E-state index in [0.717, 1.165) is 6.42 Å². The molecule has 1 aromatic carbocycles. The fraction of sp³-hybridized carbons (Fsp3) is 0.429. The molecule has 0 aliphatic rings. The van der Waals surface area contributed by atoms with Gasteiger partial charge in [0.05, 0.1) is 5.54 Å². The molecule has 0 bridgehead atoms. The lowest BCUT2D eigenvalue weighted by atomic mass is 9.95. The number of nitrogens with one attached hydrogen (secondary N) is 1. The van der Waals surface area contributed by atoms with Crippen LogP contribution in [0, 0.1) is 0 Å². The molecule has 0 radical (unpaired) electrons. The molecule has 19 heavy (non-hydrogen) atoms. The van der Waals surface area contributed by atoms with E-state index in [9.17, 15) is 14.7 Å². The summed E-state index contributed by atoms with van der Waals surface area (Å²) < 4.78 is 0. The van der Waals surface area contributed by atoms with E-state index in [1.807, 2.05) is 6.92 Å². The zero-order valence-corrected chi connectivity index (χ0v) is 11.2. The van der Waals surface area contributed by atoms with Crippen molar-refractivity contribution in [2.24, 2.45) is 5.73 Å². The van der Waals surface area contributed by atoms with Crippen LogP contribution < -0.4 is 11.1 Å². The molecule has 2 unspecified atom stereocenters. The largest absolute Gasteiger partial charge is 0.479 e. The quantitative estimate of drug-likeness (QED) is 0.725. The minimum Gasteiger partial charge on any atom is -0.479 e. The summed E-state index contributed by atoms with van der Waals surface area (Å²) in [6.07, 6.45) is 1.25. The molecular weight excluding hydrogens is 244 g/mol. The number of amides is 1. The number of nitrogens with two attached hydrogens (primary N) is 1. The van der Waals surface area contributed by atoms with Crippen LogP contribution in [0.5, 0.6) is 0 Å². The van der Waals surface area contributed by atoms with Crippen molar-refractivity contribution in [3.05, 3.63) is 35.9 Å². The number of hydrogen-bond acceptors (Lipinski definition) is 3. The van der Waals surface area contributed by atoms with Gasteiger partial charge in [0.25, 0.3) is 0 Å². The van der Waals surface area contributed by atoms with Crippen LogP contribution in [-0.4, -0.2) is 22.5 Å². The molecule has 5 nitrogen and oxygen atoms in total. The number of benzene rings is 1. The molecule has 0 saturated heterocycles. The minimum absolute atomic E-state index is 0.453. The van der Waals surface area contributed by atoms with Crippen LogP contribution in [0.15, 0.2) is 30.3 Å². The first-order valence-electron chi connectivity index (χ1n) is 6.26. The second kappa shape index (κ2) is 6.33. The molecule has 0 saturated carbocycles. The Kier molecular flexibility index (Phi) is 5.06. The average Bonchev–Trinajstić information content (AvgIpc) is 2.36.